The quantitative estimate of drug-likeness (QED) is 0.548. The summed E-state index contributed by atoms with van der Waals surface area (Å²) in [7, 11) is -3.70. The van der Waals surface area contributed by atoms with E-state index < -0.39 is 10.0 Å². The van der Waals surface area contributed by atoms with Gasteiger partial charge in [0.25, 0.3) is 0 Å². The second-order valence-corrected chi connectivity index (χ2v) is 6.49. The molecule has 0 unspecified atom stereocenters. The van der Waals surface area contributed by atoms with E-state index in [0.29, 0.717) is 6.54 Å². The van der Waals surface area contributed by atoms with Crippen molar-refractivity contribution in [1.82, 2.24) is 14.3 Å². The average molecular weight is 298 g/mol. The number of hydrogen-bond donors (Lipinski definition) is 2. The first-order valence-corrected chi connectivity index (χ1v) is 7.51. The van der Waals surface area contributed by atoms with E-state index in [0.717, 1.165) is 0 Å². The van der Waals surface area contributed by atoms with E-state index in [9.17, 15) is 8.42 Å². The third-order valence-electron chi connectivity index (χ3n) is 2.44. The van der Waals surface area contributed by atoms with Crippen molar-refractivity contribution in [3.05, 3.63) is 12.4 Å². The molecule has 3 N–H and O–H groups in total. The van der Waals surface area contributed by atoms with Gasteiger partial charge in [0, 0.05) is 19.5 Å². The fourth-order valence-corrected chi connectivity index (χ4v) is 3.06. The maximum Gasteiger partial charge on any atom is 0.246 e. The Hall–Kier alpha value is -1.76. The normalized spacial score (nSPS) is 11.6. The van der Waals surface area contributed by atoms with Gasteiger partial charge in [0.15, 0.2) is 0 Å². The lowest BCUT2D eigenvalue weighted by Crippen LogP contribution is -2.35. The van der Waals surface area contributed by atoms with Crippen molar-refractivity contribution in [3.63, 3.8) is 0 Å². The van der Waals surface area contributed by atoms with Gasteiger partial charge >= 0.3 is 0 Å². The van der Waals surface area contributed by atoms with Crippen molar-refractivity contribution in [3.8, 4) is 6.07 Å². The fourth-order valence-electron chi connectivity index (χ4n) is 1.56. The Morgan fingerprint density at radius 2 is 2.05 bits per heavy atom. The Morgan fingerprint density at radius 1 is 1.45 bits per heavy atom. The molecule has 1 aromatic rings. The maximum atomic E-state index is 12.5. The number of nitrogens with one attached hydrogen (secondary N) is 1. The Labute approximate surface area is 118 Å². The van der Waals surface area contributed by atoms with Gasteiger partial charge in [-0.15, -0.1) is 0 Å². The SMILES string of the molecule is CC(C)CN(CCC#N)S(=O)(=O)c1cnc(NN)nc1. The van der Waals surface area contributed by atoms with Gasteiger partial charge < -0.3 is 0 Å². The van der Waals surface area contributed by atoms with Crippen LogP contribution in [0.4, 0.5) is 5.95 Å². The molecular formula is C11H18N6O2S. The number of hydrazine groups is 1. The van der Waals surface area contributed by atoms with Crippen LogP contribution < -0.4 is 11.3 Å². The molecule has 0 radical (unpaired) electrons. The molecule has 20 heavy (non-hydrogen) atoms. The van der Waals surface area contributed by atoms with E-state index >= 15 is 0 Å². The summed E-state index contributed by atoms with van der Waals surface area (Å²) in [5.41, 5.74) is 2.23. The summed E-state index contributed by atoms with van der Waals surface area (Å²) in [6.07, 6.45) is 2.52. The van der Waals surface area contributed by atoms with Crippen LogP contribution in [0.5, 0.6) is 0 Å². The molecule has 0 aliphatic rings. The van der Waals surface area contributed by atoms with Gasteiger partial charge in [-0.25, -0.2) is 24.2 Å². The van der Waals surface area contributed by atoms with Gasteiger partial charge in [-0.1, -0.05) is 13.8 Å². The molecule has 9 heteroatoms. The van der Waals surface area contributed by atoms with Gasteiger partial charge in [-0.3, -0.25) is 5.43 Å². The van der Waals surface area contributed by atoms with Crippen LogP contribution in [0.15, 0.2) is 17.3 Å². The van der Waals surface area contributed by atoms with Crippen molar-refractivity contribution < 1.29 is 8.42 Å². The third kappa shape index (κ3) is 4.12. The molecule has 110 valence electrons. The zero-order valence-electron chi connectivity index (χ0n) is 11.4. The zero-order chi connectivity index (χ0) is 15.2. The Balaban J connectivity index is 3.04. The number of nitrogens with two attached hydrogens (primary N) is 1. The second-order valence-electron chi connectivity index (χ2n) is 4.55. The summed E-state index contributed by atoms with van der Waals surface area (Å²) in [5, 5.41) is 8.64. The molecule has 0 bridgehead atoms. The molecule has 0 aromatic carbocycles. The summed E-state index contributed by atoms with van der Waals surface area (Å²) in [6, 6.07) is 1.95. The largest absolute Gasteiger partial charge is 0.292 e. The Bertz CT molecular complexity index is 564. The highest BCUT2D eigenvalue weighted by Gasteiger charge is 2.25. The summed E-state index contributed by atoms with van der Waals surface area (Å²) < 4.78 is 26.2. The fraction of sp³-hybridized carbons (Fsp3) is 0.545. The first-order chi connectivity index (χ1) is 9.41. The van der Waals surface area contributed by atoms with Crippen LogP contribution in [0.2, 0.25) is 0 Å². The van der Waals surface area contributed by atoms with Gasteiger partial charge in [0.2, 0.25) is 16.0 Å². The molecule has 0 fully saturated rings. The van der Waals surface area contributed by atoms with Gasteiger partial charge in [0.05, 0.1) is 18.5 Å². The summed E-state index contributed by atoms with van der Waals surface area (Å²) in [5.74, 6) is 5.41. The van der Waals surface area contributed by atoms with Crippen LogP contribution in [0.3, 0.4) is 0 Å². The minimum absolute atomic E-state index is 0.0184. The number of sulfonamides is 1. The van der Waals surface area contributed by atoms with E-state index in [2.05, 4.69) is 15.4 Å². The predicted octanol–water partition coefficient (Wildman–Crippen LogP) is 0.323. The number of nitriles is 1. The first kappa shape index (κ1) is 16.3. The van der Waals surface area contributed by atoms with Crippen molar-refractivity contribution in [2.75, 3.05) is 18.5 Å². The first-order valence-electron chi connectivity index (χ1n) is 6.07. The standard InChI is InChI=1S/C11H18N6O2S/c1-9(2)8-17(5-3-4-12)20(18,19)10-6-14-11(16-13)15-7-10/h6-7,9H,3,5,8,13H2,1-2H3,(H,14,15,16). The highest BCUT2D eigenvalue weighted by Crippen LogP contribution is 2.16. The van der Waals surface area contributed by atoms with Crippen molar-refractivity contribution >= 4 is 16.0 Å². The molecule has 0 saturated carbocycles. The lowest BCUT2D eigenvalue weighted by molar-refractivity contribution is 0.372. The van der Waals surface area contributed by atoms with Crippen molar-refractivity contribution in [1.29, 1.82) is 5.26 Å². The molecule has 0 atom stereocenters. The van der Waals surface area contributed by atoms with E-state index in [1.807, 2.05) is 19.9 Å². The van der Waals surface area contributed by atoms with Crippen LogP contribution in [-0.2, 0) is 10.0 Å². The van der Waals surface area contributed by atoms with E-state index in [1.165, 1.54) is 16.7 Å². The lowest BCUT2D eigenvalue weighted by atomic mass is 10.2. The number of aromatic nitrogens is 2. The van der Waals surface area contributed by atoms with Crippen LogP contribution in [0, 0.1) is 17.2 Å². The van der Waals surface area contributed by atoms with Gasteiger partial charge in [-0.05, 0) is 5.92 Å². The minimum Gasteiger partial charge on any atom is -0.292 e. The molecule has 8 nitrogen and oxygen atoms in total. The molecule has 1 aromatic heterocycles. The number of rotatable bonds is 7. The second kappa shape index (κ2) is 7.14. The van der Waals surface area contributed by atoms with E-state index in [4.69, 9.17) is 11.1 Å². The van der Waals surface area contributed by atoms with Crippen LogP contribution >= 0.6 is 0 Å². The molecule has 0 amide bonds. The van der Waals surface area contributed by atoms with Crippen LogP contribution in [-0.4, -0.2) is 35.8 Å². The molecular weight excluding hydrogens is 280 g/mol. The molecule has 0 saturated heterocycles. The molecule has 1 rings (SSSR count). The molecule has 0 spiro atoms. The predicted molar refractivity (Wildman–Crippen MR) is 73.7 cm³/mol. The molecule has 0 aliphatic carbocycles. The average Bonchev–Trinajstić information content (AvgIpc) is 2.43. The van der Waals surface area contributed by atoms with Crippen LogP contribution in [0.25, 0.3) is 0 Å². The number of nitrogen functional groups attached to an aromatic ring is 1. The van der Waals surface area contributed by atoms with Crippen LogP contribution in [0.1, 0.15) is 20.3 Å². The van der Waals surface area contributed by atoms with E-state index in [1.54, 1.807) is 0 Å². The molecule has 1 heterocycles. The number of anilines is 1. The third-order valence-corrected chi connectivity index (χ3v) is 4.25. The maximum absolute atomic E-state index is 12.5. The number of hydrogen-bond acceptors (Lipinski definition) is 7. The van der Waals surface area contributed by atoms with E-state index in [-0.39, 0.29) is 29.7 Å². The highest BCUT2D eigenvalue weighted by molar-refractivity contribution is 7.89. The summed E-state index contributed by atoms with van der Waals surface area (Å²) in [6.45, 7) is 4.30. The monoisotopic (exact) mass is 298 g/mol. The zero-order valence-corrected chi connectivity index (χ0v) is 12.3. The van der Waals surface area contributed by atoms with Crippen molar-refractivity contribution in [2.24, 2.45) is 11.8 Å². The highest BCUT2D eigenvalue weighted by atomic mass is 32.2. The van der Waals surface area contributed by atoms with Gasteiger partial charge in [0.1, 0.15) is 4.90 Å². The Kier molecular flexibility index (Phi) is 5.82. The number of nitrogens with zero attached hydrogens (tertiary/aromatic N) is 4. The smallest absolute Gasteiger partial charge is 0.246 e. The Morgan fingerprint density at radius 3 is 2.50 bits per heavy atom. The summed E-state index contributed by atoms with van der Waals surface area (Å²) >= 11 is 0. The molecule has 0 aliphatic heterocycles. The van der Waals surface area contributed by atoms with Gasteiger partial charge in [-0.2, -0.15) is 9.57 Å². The summed E-state index contributed by atoms with van der Waals surface area (Å²) in [4.78, 5) is 7.56. The van der Waals surface area contributed by atoms with Crippen molar-refractivity contribution in [2.45, 2.75) is 25.2 Å². The minimum atomic E-state index is -3.70. The lowest BCUT2D eigenvalue weighted by Gasteiger charge is -2.22. The topological polar surface area (TPSA) is 125 Å².